The van der Waals surface area contributed by atoms with E-state index in [2.05, 4.69) is 0 Å². The van der Waals surface area contributed by atoms with Crippen molar-refractivity contribution in [2.75, 3.05) is 13.1 Å². The van der Waals surface area contributed by atoms with E-state index < -0.39 is 18.2 Å². The van der Waals surface area contributed by atoms with E-state index in [4.69, 9.17) is 9.84 Å². The quantitative estimate of drug-likeness (QED) is 0.887. The minimum Gasteiger partial charge on any atom is -0.479 e. The Kier molecular flexibility index (Phi) is 2.97. The number of carbonyl (C=O) groups is 2. The number of ether oxygens (including phenoxy) is 1. The fraction of sp³-hybridized carbons (Fsp3) is 0.429. The summed E-state index contributed by atoms with van der Waals surface area (Å²) in [5, 5.41) is 8.84. The number of amides is 1. The van der Waals surface area contributed by atoms with Gasteiger partial charge in [0.25, 0.3) is 5.91 Å². The van der Waals surface area contributed by atoms with Crippen molar-refractivity contribution in [3.8, 4) is 0 Å². The number of carboxylic acids is 1. The first-order valence-electron chi connectivity index (χ1n) is 6.41. The number of aliphatic carboxylic acids is 1. The number of carbonyl (C=O) groups excluding carboxylic acids is 1. The number of fused-ring (bicyclic) bond motifs is 1. The largest absolute Gasteiger partial charge is 0.479 e. The van der Waals surface area contributed by atoms with Crippen LogP contribution in [0, 0.1) is 0 Å². The molecular weight excluding hydrogens is 265 g/mol. The molecule has 0 bridgehead atoms. The van der Waals surface area contributed by atoms with Crippen LogP contribution in [-0.4, -0.2) is 40.6 Å². The Balaban J connectivity index is 1.79. The number of likely N-dealkylation sites (tertiary alicyclic amines) is 1. The molecule has 1 saturated heterocycles. The molecule has 106 valence electrons. The van der Waals surface area contributed by atoms with Crippen LogP contribution < -0.4 is 0 Å². The van der Waals surface area contributed by atoms with Crippen LogP contribution in [0.5, 0.6) is 0 Å². The Morgan fingerprint density at radius 1 is 1.30 bits per heavy atom. The number of benzene rings is 1. The number of hydrogen-bond donors (Lipinski definition) is 1. The van der Waals surface area contributed by atoms with Crippen LogP contribution in [0.3, 0.4) is 0 Å². The molecule has 0 spiro atoms. The van der Waals surface area contributed by atoms with Crippen LogP contribution in [0.25, 0.3) is 0 Å². The number of rotatable bonds is 2. The number of alkyl halides is 1. The highest BCUT2D eigenvalue weighted by molar-refractivity contribution is 5.95. The minimum absolute atomic E-state index is 0.120. The summed E-state index contributed by atoms with van der Waals surface area (Å²) >= 11 is 0. The first kappa shape index (κ1) is 13.1. The minimum atomic E-state index is -2.32. The normalized spacial score (nSPS) is 24.8. The van der Waals surface area contributed by atoms with Gasteiger partial charge in [0.15, 0.2) is 0 Å². The molecule has 1 N–H and O–H groups in total. The van der Waals surface area contributed by atoms with Crippen molar-refractivity contribution in [1.29, 1.82) is 0 Å². The molecule has 3 rings (SSSR count). The lowest BCUT2D eigenvalue weighted by molar-refractivity contribution is -0.149. The molecule has 1 amide bonds. The van der Waals surface area contributed by atoms with Crippen molar-refractivity contribution in [3.63, 3.8) is 0 Å². The van der Waals surface area contributed by atoms with Gasteiger partial charge in [0.05, 0.1) is 19.8 Å². The zero-order valence-electron chi connectivity index (χ0n) is 10.8. The monoisotopic (exact) mass is 279 g/mol. The summed E-state index contributed by atoms with van der Waals surface area (Å²) in [7, 11) is 0. The predicted molar refractivity (Wildman–Crippen MR) is 66.9 cm³/mol. The molecule has 2 aliphatic heterocycles. The molecule has 2 aliphatic rings. The van der Waals surface area contributed by atoms with Gasteiger partial charge in [-0.1, -0.05) is 6.07 Å². The molecule has 6 heteroatoms. The van der Waals surface area contributed by atoms with E-state index in [9.17, 15) is 14.0 Å². The maximum absolute atomic E-state index is 14.0. The second kappa shape index (κ2) is 4.56. The Bertz CT molecular complexity index is 589. The summed E-state index contributed by atoms with van der Waals surface area (Å²) in [6, 6.07) is 5.24. The van der Waals surface area contributed by atoms with Crippen LogP contribution in [0.15, 0.2) is 18.2 Å². The fourth-order valence-electron chi connectivity index (χ4n) is 2.61. The van der Waals surface area contributed by atoms with Crippen molar-refractivity contribution in [1.82, 2.24) is 4.90 Å². The van der Waals surface area contributed by atoms with E-state index in [1.54, 1.807) is 12.1 Å². The average Bonchev–Trinajstić information content (AvgIpc) is 3.04. The molecule has 5 nitrogen and oxygen atoms in total. The molecule has 20 heavy (non-hydrogen) atoms. The summed E-state index contributed by atoms with van der Waals surface area (Å²) < 4.78 is 19.2. The first-order valence-corrected chi connectivity index (χ1v) is 6.41. The van der Waals surface area contributed by atoms with Gasteiger partial charge < -0.3 is 14.7 Å². The smallest absolute Gasteiger partial charge is 0.343 e. The molecule has 0 radical (unpaired) electrons. The predicted octanol–water partition coefficient (Wildman–Crippen LogP) is 1.36. The van der Waals surface area contributed by atoms with Crippen molar-refractivity contribution >= 4 is 11.9 Å². The Morgan fingerprint density at radius 3 is 2.75 bits per heavy atom. The van der Waals surface area contributed by atoms with E-state index in [0.29, 0.717) is 18.8 Å². The lowest BCUT2D eigenvalue weighted by atomic mass is 10.1. The van der Waals surface area contributed by atoms with Gasteiger partial charge in [0.2, 0.25) is 5.67 Å². The Labute approximate surface area is 114 Å². The SMILES string of the molecule is O=C(c1ccc2c(c1)COC2)N1CCC(F)(C(=O)O)C1. The molecule has 1 aromatic carbocycles. The summed E-state index contributed by atoms with van der Waals surface area (Å²) in [6.45, 7) is 0.739. The zero-order chi connectivity index (χ0) is 14.3. The van der Waals surface area contributed by atoms with Crippen LogP contribution in [0.4, 0.5) is 4.39 Å². The van der Waals surface area contributed by atoms with Gasteiger partial charge in [-0.2, -0.15) is 0 Å². The third kappa shape index (κ3) is 2.06. The number of nitrogens with zero attached hydrogens (tertiary/aromatic N) is 1. The molecule has 1 fully saturated rings. The van der Waals surface area contributed by atoms with Gasteiger partial charge in [0.1, 0.15) is 0 Å². The zero-order valence-corrected chi connectivity index (χ0v) is 10.8. The Morgan fingerprint density at radius 2 is 2.05 bits per heavy atom. The van der Waals surface area contributed by atoms with Crippen LogP contribution in [0.1, 0.15) is 27.9 Å². The molecule has 1 atom stereocenters. The van der Waals surface area contributed by atoms with Gasteiger partial charge in [-0.25, -0.2) is 9.18 Å². The van der Waals surface area contributed by atoms with Crippen LogP contribution in [0.2, 0.25) is 0 Å². The van der Waals surface area contributed by atoms with E-state index in [1.165, 1.54) is 4.90 Å². The molecule has 0 aliphatic carbocycles. The van der Waals surface area contributed by atoms with E-state index in [-0.39, 0.29) is 18.9 Å². The van der Waals surface area contributed by atoms with E-state index >= 15 is 0 Å². The van der Waals surface area contributed by atoms with Gasteiger partial charge in [0, 0.05) is 18.5 Å². The summed E-state index contributed by atoms with van der Waals surface area (Å²) in [5.74, 6) is -1.84. The molecule has 2 heterocycles. The molecule has 1 unspecified atom stereocenters. The second-order valence-electron chi connectivity index (χ2n) is 5.22. The molecule has 1 aromatic rings. The number of halogens is 1. The summed E-state index contributed by atoms with van der Waals surface area (Å²) in [5.41, 5.74) is 0.132. The standard InChI is InChI=1S/C14H14FNO4/c15-14(13(18)19)3-4-16(8-14)12(17)9-1-2-10-6-20-7-11(10)5-9/h1-2,5H,3-4,6-8H2,(H,18,19). The van der Waals surface area contributed by atoms with Gasteiger partial charge >= 0.3 is 5.97 Å². The third-order valence-corrected chi connectivity index (χ3v) is 3.86. The highest BCUT2D eigenvalue weighted by atomic mass is 19.1. The molecular formula is C14H14FNO4. The molecule has 0 saturated carbocycles. The highest BCUT2D eigenvalue weighted by Crippen LogP contribution is 2.28. The van der Waals surface area contributed by atoms with Crippen molar-refractivity contribution in [3.05, 3.63) is 34.9 Å². The average molecular weight is 279 g/mol. The summed E-state index contributed by atoms with van der Waals surface area (Å²) in [4.78, 5) is 24.4. The maximum Gasteiger partial charge on any atom is 0.343 e. The van der Waals surface area contributed by atoms with Crippen LogP contribution in [-0.2, 0) is 22.7 Å². The van der Waals surface area contributed by atoms with E-state index in [1.807, 2.05) is 6.07 Å². The number of carboxylic acid groups (broad SMARTS) is 1. The highest BCUT2D eigenvalue weighted by Gasteiger charge is 2.47. The van der Waals surface area contributed by atoms with Gasteiger partial charge in [-0.05, 0) is 23.3 Å². The maximum atomic E-state index is 14.0. The summed E-state index contributed by atoms with van der Waals surface area (Å²) in [6.07, 6.45) is -0.165. The van der Waals surface area contributed by atoms with Gasteiger partial charge in [-0.3, -0.25) is 4.79 Å². The first-order chi connectivity index (χ1) is 9.49. The third-order valence-electron chi connectivity index (χ3n) is 3.86. The van der Waals surface area contributed by atoms with Crippen molar-refractivity contribution < 1.29 is 23.8 Å². The topological polar surface area (TPSA) is 66.8 Å². The van der Waals surface area contributed by atoms with Gasteiger partial charge in [-0.15, -0.1) is 0 Å². The lowest BCUT2D eigenvalue weighted by Crippen LogP contribution is -2.38. The van der Waals surface area contributed by atoms with Crippen LogP contribution >= 0.6 is 0 Å². The lowest BCUT2D eigenvalue weighted by Gasteiger charge is -2.18. The van der Waals surface area contributed by atoms with Crippen molar-refractivity contribution in [2.24, 2.45) is 0 Å². The fourth-order valence-corrected chi connectivity index (χ4v) is 2.61. The number of hydrogen-bond acceptors (Lipinski definition) is 3. The van der Waals surface area contributed by atoms with Crippen molar-refractivity contribution in [2.45, 2.75) is 25.3 Å². The molecule has 0 aromatic heterocycles. The Hall–Kier alpha value is -1.95. The van der Waals surface area contributed by atoms with E-state index in [0.717, 1.165) is 11.1 Å². The second-order valence-corrected chi connectivity index (χ2v) is 5.22.